The predicted octanol–water partition coefficient (Wildman–Crippen LogP) is 6.57. The molecule has 2 saturated heterocycles. The molecular formula is C78H108N8O24. The van der Waals surface area contributed by atoms with Crippen molar-refractivity contribution in [3.05, 3.63) is 106 Å². The summed E-state index contributed by atoms with van der Waals surface area (Å²) in [6.07, 6.45) is 10.6. The highest BCUT2D eigenvalue weighted by molar-refractivity contribution is 6.05. The van der Waals surface area contributed by atoms with Crippen molar-refractivity contribution in [2.24, 2.45) is 9.98 Å². The Balaban J connectivity index is 0.000000393. The Morgan fingerprint density at radius 2 is 0.809 bits per heavy atom. The van der Waals surface area contributed by atoms with Crippen molar-refractivity contribution in [3.8, 4) is 34.5 Å². The lowest BCUT2D eigenvalue weighted by Gasteiger charge is -2.23. The molecule has 0 bridgehead atoms. The molecule has 4 aliphatic heterocycles. The van der Waals surface area contributed by atoms with Crippen molar-refractivity contribution in [2.45, 2.75) is 104 Å². The molecule has 0 aliphatic carbocycles. The highest BCUT2D eigenvalue weighted by Gasteiger charge is 2.37. The normalized spacial score (nSPS) is 15.4. The number of aliphatic hydroxyl groups excluding tert-OH is 2. The number of aliphatic hydroxyl groups is 2. The van der Waals surface area contributed by atoms with Crippen LogP contribution in [0.3, 0.4) is 0 Å². The molecule has 604 valence electrons. The fraction of sp³-hybridized carbons (Fsp3) is 0.564. The lowest BCUT2D eigenvalue weighted by atomic mass is 10.1. The Morgan fingerprint density at radius 3 is 1.16 bits per heavy atom. The van der Waals surface area contributed by atoms with E-state index in [0.717, 1.165) is 12.8 Å². The van der Waals surface area contributed by atoms with Gasteiger partial charge in [0.05, 0.1) is 217 Å². The molecule has 2 fully saturated rings. The Kier molecular flexibility index (Phi) is 39.3. The number of ether oxygens (including phenoxy) is 16. The Hall–Kier alpha value is -9.22. The van der Waals surface area contributed by atoms with Crippen LogP contribution in [0.25, 0.3) is 0 Å². The highest BCUT2D eigenvalue weighted by atomic mass is 16.6. The van der Waals surface area contributed by atoms with Gasteiger partial charge in [0.15, 0.2) is 23.0 Å². The summed E-state index contributed by atoms with van der Waals surface area (Å²) in [7, 11) is 8.90. The minimum atomic E-state index is -0.372. The smallest absolute Gasteiger partial charge is 0.305 e. The number of hydrogen-bond acceptors (Lipinski definition) is 28. The first-order valence-corrected chi connectivity index (χ1v) is 36.9. The van der Waals surface area contributed by atoms with Crippen molar-refractivity contribution in [2.75, 3.05) is 188 Å². The van der Waals surface area contributed by atoms with E-state index in [1.54, 1.807) is 85.0 Å². The van der Waals surface area contributed by atoms with Crippen molar-refractivity contribution in [1.29, 1.82) is 0 Å². The summed E-state index contributed by atoms with van der Waals surface area (Å²) in [5.41, 5.74) is 5.80. The summed E-state index contributed by atoms with van der Waals surface area (Å²) in [5, 5.41) is 18.6. The molecule has 4 aromatic rings. The van der Waals surface area contributed by atoms with Crippen LogP contribution in [0.2, 0.25) is 0 Å². The standard InChI is InChI=1S/C54H68N6O14.C24H40N2O10/c1-7-36-22-40-30-55-45-28-49(47(66-4)26-43(45)53(63)59(40)32-36)73-34-38-24-42(72-15-13-58(12-9-10-52(62)68-6)51(61)11-14-69-18-19-71-21-20-70-17-16-65-3)25-39(57-38)35-74-50-29-46-44(27-48(50)67-5)54(64)60-33-37(8-2)23-41(60)31-56-46;1-31-10-11-34-14-15-35-13-12-33-8-5-23(29)26(6-3-4-24(30)32-2)7-9-36-22-16-20(18-27)25-21(17-22)19-28/h7-8,24-31,40-41H,9-23,32-35H2,1-6H3;16-17,27-28H,3-15,18-19H2,1-2H3/b36-7+,37-8+;/t40-,41-;/m0./s1. The van der Waals surface area contributed by atoms with E-state index in [2.05, 4.69) is 9.72 Å². The van der Waals surface area contributed by atoms with Crippen LogP contribution in [-0.4, -0.2) is 287 Å². The third-order valence-electron chi connectivity index (χ3n) is 17.8. The molecule has 0 radical (unpaired) electrons. The van der Waals surface area contributed by atoms with Gasteiger partial charge in [0.25, 0.3) is 11.8 Å². The van der Waals surface area contributed by atoms with Crippen molar-refractivity contribution >= 4 is 59.4 Å². The van der Waals surface area contributed by atoms with E-state index in [1.807, 2.05) is 35.8 Å². The number of aliphatic imine (C=N–C) groups is 2. The summed E-state index contributed by atoms with van der Waals surface area (Å²) in [5.74, 6) is 0.981. The van der Waals surface area contributed by atoms with Crippen LogP contribution in [0, 0.1) is 0 Å². The summed E-state index contributed by atoms with van der Waals surface area (Å²) in [6.45, 7) is 11.5. The molecule has 0 spiro atoms. The highest BCUT2D eigenvalue weighted by Crippen LogP contribution is 2.41. The summed E-state index contributed by atoms with van der Waals surface area (Å²) >= 11 is 0. The number of amides is 4. The first kappa shape index (κ1) is 88.0. The second kappa shape index (κ2) is 49.1. The SMILES string of the molecule is C/C=C1\C[C@H]2C=Nc3cc(OCc4cc(OCCN(CCCC(=O)OC)C(=O)CCOCCOCCOCCOC)cc(COc5cc6c(cc5OC)C(=O)N5C/C(=C/C)C[C@H]5C=N6)n4)c(OC)cc3C(=O)N2C1.COCCOCCOCCOCCC(=O)N(CCCC(=O)OC)CCOc1cc(CO)nc(CO)c1. The summed E-state index contributed by atoms with van der Waals surface area (Å²) in [4.78, 5) is 102. The second-order valence-corrected chi connectivity index (χ2v) is 25.3. The van der Waals surface area contributed by atoms with Crippen LogP contribution in [0.1, 0.15) is 109 Å². The maximum Gasteiger partial charge on any atom is 0.305 e. The first-order chi connectivity index (χ1) is 53.6. The second-order valence-electron chi connectivity index (χ2n) is 25.3. The zero-order valence-corrected chi connectivity index (χ0v) is 64.6. The Morgan fingerprint density at radius 1 is 0.445 bits per heavy atom. The number of aromatic nitrogens is 2. The van der Waals surface area contributed by atoms with Gasteiger partial charge in [-0.15, -0.1) is 0 Å². The van der Waals surface area contributed by atoms with Gasteiger partial charge in [-0.05, 0) is 51.7 Å². The molecule has 2 atom stereocenters. The van der Waals surface area contributed by atoms with Gasteiger partial charge in [0.1, 0.15) is 37.9 Å². The number of rotatable bonds is 50. The van der Waals surface area contributed by atoms with Crippen molar-refractivity contribution in [1.82, 2.24) is 29.6 Å². The van der Waals surface area contributed by atoms with E-state index in [1.165, 1.54) is 39.6 Å². The largest absolute Gasteiger partial charge is 0.493 e. The molecule has 4 amide bonds. The number of pyridine rings is 2. The van der Waals surface area contributed by atoms with Crippen LogP contribution in [-0.2, 0) is 93.0 Å². The minimum Gasteiger partial charge on any atom is -0.493 e. The Bertz CT molecular complexity index is 3550. The molecule has 32 heteroatoms. The van der Waals surface area contributed by atoms with Crippen LogP contribution >= 0.6 is 0 Å². The zero-order valence-electron chi connectivity index (χ0n) is 64.6. The maximum atomic E-state index is 13.8. The van der Waals surface area contributed by atoms with Gasteiger partial charge in [-0.1, -0.05) is 23.3 Å². The van der Waals surface area contributed by atoms with Crippen LogP contribution < -0.4 is 28.4 Å². The van der Waals surface area contributed by atoms with Crippen LogP contribution in [0.5, 0.6) is 34.5 Å². The number of carbonyl (C=O) groups is 6. The van der Waals surface area contributed by atoms with Gasteiger partial charge >= 0.3 is 11.9 Å². The predicted molar refractivity (Wildman–Crippen MR) is 402 cm³/mol. The lowest BCUT2D eigenvalue weighted by molar-refractivity contribution is -0.142. The summed E-state index contributed by atoms with van der Waals surface area (Å²) in [6, 6.07) is 13.0. The number of allylic oxidation sites excluding steroid dienone is 2. The number of nitrogens with zero attached hydrogens (tertiary/aromatic N) is 8. The molecule has 4 aliphatic rings. The first-order valence-electron chi connectivity index (χ1n) is 36.9. The zero-order chi connectivity index (χ0) is 78.8. The van der Waals surface area contributed by atoms with Gasteiger partial charge in [0.2, 0.25) is 11.8 Å². The van der Waals surface area contributed by atoms with E-state index >= 15 is 0 Å². The fourth-order valence-corrected chi connectivity index (χ4v) is 11.9. The van der Waals surface area contributed by atoms with Crippen LogP contribution in [0.4, 0.5) is 11.4 Å². The molecule has 0 unspecified atom stereocenters. The van der Waals surface area contributed by atoms with Gasteiger partial charge in [0, 0.05) is 102 Å². The van der Waals surface area contributed by atoms with E-state index < -0.39 is 0 Å². The van der Waals surface area contributed by atoms with Gasteiger partial charge in [-0.2, -0.15) is 0 Å². The molecule has 0 saturated carbocycles. The topological polar surface area (TPSA) is 354 Å². The van der Waals surface area contributed by atoms with Crippen LogP contribution in [0.15, 0.2) is 81.8 Å². The molecule has 2 aromatic heterocycles. The molecule has 8 rings (SSSR count). The van der Waals surface area contributed by atoms with E-state index in [9.17, 15) is 39.0 Å². The maximum absolute atomic E-state index is 13.8. The fourth-order valence-electron chi connectivity index (χ4n) is 11.9. The average molecular weight is 1540 g/mol. The molecule has 2 aromatic carbocycles. The minimum absolute atomic E-state index is 0.0483. The summed E-state index contributed by atoms with van der Waals surface area (Å²) < 4.78 is 88.4. The number of carbonyl (C=O) groups excluding carboxylic acids is 6. The van der Waals surface area contributed by atoms with E-state index in [4.69, 9.17) is 86.0 Å². The van der Waals surface area contributed by atoms with E-state index in [-0.39, 0.29) is 139 Å². The molecule has 32 nitrogen and oxygen atoms in total. The van der Waals surface area contributed by atoms with Crippen molar-refractivity contribution in [3.63, 3.8) is 0 Å². The molecular weight excluding hydrogens is 1430 g/mol. The molecule has 2 N–H and O–H groups in total. The lowest BCUT2D eigenvalue weighted by Crippen LogP contribution is -2.36. The number of fused-ring (bicyclic) bond motifs is 4. The van der Waals surface area contributed by atoms with Crippen molar-refractivity contribution < 1.29 is 115 Å². The average Bonchev–Trinajstić information content (AvgIpc) is 1.61. The van der Waals surface area contributed by atoms with Gasteiger partial charge < -0.3 is 106 Å². The monoisotopic (exact) mass is 1540 g/mol. The number of methoxy groups -OCH3 is 6. The number of esters is 2. The van der Waals surface area contributed by atoms with Gasteiger partial charge in [-0.25, -0.2) is 0 Å². The quantitative estimate of drug-likeness (QED) is 0.0268. The number of benzene rings is 2. The molecule has 6 heterocycles. The number of hydrogen-bond donors (Lipinski definition) is 2. The van der Waals surface area contributed by atoms with E-state index in [0.29, 0.717) is 198 Å². The third-order valence-corrected chi connectivity index (χ3v) is 17.8. The molecule has 110 heavy (non-hydrogen) atoms. The van der Waals surface area contributed by atoms with Gasteiger partial charge in [-0.3, -0.25) is 48.7 Å². The Labute approximate surface area is 642 Å². The third kappa shape index (κ3) is 28.9.